The van der Waals surface area contributed by atoms with Crippen LogP contribution in [0.1, 0.15) is 27.2 Å². The van der Waals surface area contributed by atoms with Crippen molar-refractivity contribution in [2.24, 2.45) is 5.92 Å². The number of ether oxygens (including phenoxy) is 1. The number of fused-ring (bicyclic) bond motifs is 1. The predicted molar refractivity (Wildman–Crippen MR) is 63.7 cm³/mol. The van der Waals surface area contributed by atoms with Crippen LogP contribution in [0.5, 0.6) is 0 Å². The van der Waals surface area contributed by atoms with E-state index in [1.54, 1.807) is 4.90 Å². The molecular formula is C12H22N2O3. The third-order valence-electron chi connectivity index (χ3n) is 3.39. The van der Waals surface area contributed by atoms with Crippen LogP contribution in [0.15, 0.2) is 0 Å². The normalized spacial score (nSPS) is 33.4. The number of amides is 1. The van der Waals surface area contributed by atoms with E-state index in [4.69, 9.17) is 4.74 Å². The summed E-state index contributed by atoms with van der Waals surface area (Å²) in [7, 11) is 0. The highest BCUT2D eigenvalue weighted by atomic mass is 16.6. The molecule has 1 amide bonds. The maximum atomic E-state index is 11.9. The fourth-order valence-corrected chi connectivity index (χ4v) is 2.54. The molecule has 0 saturated carbocycles. The van der Waals surface area contributed by atoms with Crippen molar-refractivity contribution >= 4 is 6.09 Å². The highest BCUT2D eigenvalue weighted by molar-refractivity contribution is 5.68. The lowest BCUT2D eigenvalue weighted by Crippen LogP contribution is -2.49. The Morgan fingerprint density at radius 1 is 1.47 bits per heavy atom. The minimum Gasteiger partial charge on any atom is -0.444 e. The molecule has 98 valence electrons. The van der Waals surface area contributed by atoms with Gasteiger partial charge in [-0.05, 0) is 27.2 Å². The molecule has 0 aromatic carbocycles. The summed E-state index contributed by atoms with van der Waals surface area (Å²) >= 11 is 0. The van der Waals surface area contributed by atoms with Crippen LogP contribution in [-0.4, -0.2) is 53.5 Å². The molecule has 2 fully saturated rings. The largest absolute Gasteiger partial charge is 0.444 e. The standard InChI is InChI=1S/C12H22N2O3/c1-12(2,3)17-11(16)14-5-4-9-8(7-14)10(15)6-13-9/h8-10,13,15H,4-7H2,1-3H3. The van der Waals surface area contributed by atoms with Gasteiger partial charge in [-0.2, -0.15) is 0 Å². The quantitative estimate of drug-likeness (QED) is 0.652. The second kappa shape index (κ2) is 4.46. The fraction of sp³-hybridized carbons (Fsp3) is 0.917. The number of likely N-dealkylation sites (tertiary alicyclic amines) is 1. The Labute approximate surface area is 102 Å². The molecule has 5 nitrogen and oxygen atoms in total. The zero-order valence-electron chi connectivity index (χ0n) is 10.8. The van der Waals surface area contributed by atoms with Crippen LogP contribution in [-0.2, 0) is 4.74 Å². The molecule has 0 bridgehead atoms. The molecule has 2 saturated heterocycles. The van der Waals surface area contributed by atoms with Gasteiger partial charge < -0.3 is 20.1 Å². The highest BCUT2D eigenvalue weighted by Gasteiger charge is 2.40. The maximum Gasteiger partial charge on any atom is 0.410 e. The molecule has 0 spiro atoms. The Kier molecular flexibility index (Phi) is 3.32. The van der Waals surface area contributed by atoms with Crippen LogP contribution in [0.25, 0.3) is 0 Å². The van der Waals surface area contributed by atoms with Gasteiger partial charge >= 0.3 is 6.09 Å². The zero-order valence-corrected chi connectivity index (χ0v) is 10.8. The smallest absolute Gasteiger partial charge is 0.410 e. The van der Waals surface area contributed by atoms with Gasteiger partial charge in [0.15, 0.2) is 0 Å². The number of aliphatic hydroxyl groups excluding tert-OH is 1. The Hall–Kier alpha value is -0.810. The minimum atomic E-state index is -0.458. The van der Waals surface area contributed by atoms with Gasteiger partial charge in [0.25, 0.3) is 0 Å². The number of carbonyl (C=O) groups excluding carboxylic acids is 1. The molecule has 5 heteroatoms. The number of aliphatic hydroxyl groups is 1. The van der Waals surface area contributed by atoms with E-state index in [1.165, 1.54) is 0 Å². The minimum absolute atomic E-state index is 0.149. The number of piperidine rings is 1. The van der Waals surface area contributed by atoms with Gasteiger partial charge in [0.05, 0.1) is 6.10 Å². The summed E-state index contributed by atoms with van der Waals surface area (Å²) < 4.78 is 5.35. The van der Waals surface area contributed by atoms with E-state index in [9.17, 15) is 9.90 Å². The molecule has 3 unspecified atom stereocenters. The Morgan fingerprint density at radius 3 is 2.82 bits per heavy atom. The number of nitrogens with zero attached hydrogens (tertiary/aromatic N) is 1. The van der Waals surface area contributed by atoms with Crippen LogP contribution in [0.4, 0.5) is 4.79 Å². The molecule has 2 aliphatic rings. The summed E-state index contributed by atoms with van der Waals surface area (Å²) in [5.41, 5.74) is -0.458. The van der Waals surface area contributed by atoms with E-state index in [0.29, 0.717) is 25.7 Å². The molecule has 0 radical (unpaired) electrons. The summed E-state index contributed by atoms with van der Waals surface area (Å²) in [4.78, 5) is 13.6. The number of β-amino-alcohol motifs (C(OH)–C–C–N with tert-alkyl or cyclic N) is 1. The van der Waals surface area contributed by atoms with Gasteiger partial charge in [-0.1, -0.05) is 0 Å². The lowest BCUT2D eigenvalue weighted by atomic mass is 9.92. The van der Waals surface area contributed by atoms with E-state index >= 15 is 0 Å². The van der Waals surface area contributed by atoms with Gasteiger partial charge in [0, 0.05) is 31.6 Å². The predicted octanol–water partition coefficient (Wildman–Crippen LogP) is 0.576. The summed E-state index contributed by atoms with van der Waals surface area (Å²) in [5.74, 6) is 0.149. The SMILES string of the molecule is CC(C)(C)OC(=O)N1CCC2NCC(O)C2C1. The fourth-order valence-electron chi connectivity index (χ4n) is 2.54. The first kappa shape index (κ1) is 12.6. The Bertz CT molecular complexity index is 301. The van der Waals surface area contributed by atoms with E-state index in [-0.39, 0.29) is 18.1 Å². The monoisotopic (exact) mass is 242 g/mol. The number of nitrogens with one attached hydrogen (secondary N) is 1. The van der Waals surface area contributed by atoms with Gasteiger partial charge in [0.2, 0.25) is 0 Å². The lowest BCUT2D eigenvalue weighted by Gasteiger charge is -2.36. The summed E-state index contributed by atoms with van der Waals surface area (Å²) in [5, 5.41) is 13.1. The summed E-state index contributed by atoms with van der Waals surface area (Å²) in [6, 6.07) is 0.351. The lowest BCUT2D eigenvalue weighted by molar-refractivity contribution is 0.00785. The van der Waals surface area contributed by atoms with Gasteiger partial charge in [-0.3, -0.25) is 0 Å². The molecule has 0 aromatic rings. The highest BCUT2D eigenvalue weighted by Crippen LogP contribution is 2.26. The second-order valence-electron chi connectivity index (χ2n) is 5.96. The van der Waals surface area contributed by atoms with E-state index in [1.807, 2.05) is 20.8 Å². The molecule has 17 heavy (non-hydrogen) atoms. The van der Waals surface area contributed by atoms with Gasteiger partial charge in [-0.25, -0.2) is 4.79 Å². The number of rotatable bonds is 0. The number of hydrogen-bond donors (Lipinski definition) is 2. The van der Waals surface area contributed by atoms with Crippen molar-refractivity contribution in [2.45, 2.75) is 44.9 Å². The maximum absolute atomic E-state index is 11.9. The average Bonchev–Trinajstić information content (AvgIpc) is 2.57. The van der Waals surface area contributed by atoms with Crippen molar-refractivity contribution in [2.75, 3.05) is 19.6 Å². The molecule has 2 rings (SSSR count). The molecule has 2 N–H and O–H groups in total. The molecule has 3 atom stereocenters. The van der Waals surface area contributed by atoms with E-state index in [2.05, 4.69) is 5.32 Å². The molecule has 2 aliphatic heterocycles. The van der Waals surface area contributed by atoms with Gasteiger partial charge in [0.1, 0.15) is 5.60 Å². The average molecular weight is 242 g/mol. The van der Waals surface area contributed by atoms with E-state index < -0.39 is 5.60 Å². The van der Waals surface area contributed by atoms with Crippen molar-refractivity contribution in [1.29, 1.82) is 0 Å². The molecule has 2 heterocycles. The zero-order chi connectivity index (χ0) is 12.6. The Morgan fingerprint density at radius 2 is 2.18 bits per heavy atom. The molecule has 0 aliphatic carbocycles. The van der Waals surface area contributed by atoms with Crippen molar-refractivity contribution < 1.29 is 14.6 Å². The Balaban J connectivity index is 1.93. The van der Waals surface area contributed by atoms with Crippen LogP contribution < -0.4 is 5.32 Å². The summed E-state index contributed by atoms with van der Waals surface area (Å²) in [6.07, 6.45) is 0.279. The molecular weight excluding hydrogens is 220 g/mol. The van der Waals surface area contributed by atoms with E-state index in [0.717, 1.165) is 6.42 Å². The number of hydrogen-bond acceptors (Lipinski definition) is 4. The third-order valence-corrected chi connectivity index (χ3v) is 3.39. The van der Waals surface area contributed by atoms with Crippen molar-refractivity contribution in [3.05, 3.63) is 0 Å². The first-order chi connectivity index (χ1) is 7.87. The van der Waals surface area contributed by atoms with Gasteiger partial charge in [-0.15, -0.1) is 0 Å². The first-order valence-electron chi connectivity index (χ1n) is 6.26. The summed E-state index contributed by atoms with van der Waals surface area (Å²) in [6.45, 7) is 7.53. The molecule has 0 aromatic heterocycles. The van der Waals surface area contributed by atoms with Crippen LogP contribution in [0.2, 0.25) is 0 Å². The van der Waals surface area contributed by atoms with Crippen LogP contribution >= 0.6 is 0 Å². The second-order valence-corrected chi connectivity index (χ2v) is 5.96. The van der Waals surface area contributed by atoms with Crippen LogP contribution in [0.3, 0.4) is 0 Å². The first-order valence-corrected chi connectivity index (χ1v) is 6.26. The van der Waals surface area contributed by atoms with Crippen LogP contribution in [0, 0.1) is 5.92 Å². The van der Waals surface area contributed by atoms with Crippen molar-refractivity contribution in [3.8, 4) is 0 Å². The van der Waals surface area contributed by atoms with Crippen molar-refractivity contribution in [1.82, 2.24) is 10.2 Å². The van der Waals surface area contributed by atoms with Crippen molar-refractivity contribution in [3.63, 3.8) is 0 Å². The topological polar surface area (TPSA) is 61.8 Å². The number of carbonyl (C=O) groups is 1. The third kappa shape index (κ3) is 2.90.